The number of aliphatic hydroxyl groups is 1. The van der Waals surface area contributed by atoms with Crippen molar-refractivity contribution in [2.45, 2.75) is 31.8 Å². The van der Waals surface area contributed by atoms with E-state index in [2.05, 4.69) is 15.9 Å². The Bertz CT molecular complexity index is 347. The molecule has 1 aliphatic carbocycles. The van der Waals surface area contributed by atoms with Crippen molar-refractivity contribution < 1.29 is 10.2 Å². The first kappa shape index (κ1) is 9.99. The Morgan fingerprint density at radius 1 is 1.43 bits per heavy atom. The minimum Gasteiger partial charge on any atom is -0.508 e. The predicted octanol–water partition coefficient (Wildman–Crippen LogP) is 2.53. The van der Waals surface area contributed by atoms with Gasteiger partial charge in [-0.15, -0.1) is 0 Å². The van der Waals surface area contributed by atoms with Crippen LogP contribution in [-0.4, -0.2) is 15.8 Å². The number of benzene rings is 1. The average Bonchev–Trinajstić information content (AvgIpc) is 2.79. The lowest BCUT2D eigenvalue weighted by Crippen LogP contribution is -2.10. The van der Waals surface area contributed by atoms with E-state index in [-0.39, 0.29) is 0 Å². The summed E-state index contributed by atoms with van der Waals surface area (Å²) in [6.07, 6.45) is 2.39. The van der Waals surface area contributed by atoms with Gasteiger partial charge in [0.25, 0.3) is 0 Å². The highest BCUT2D eigenvalue weighted by Gasteiger charge is 2.40. The van der Waals surface area contributed by atoms with E-state index in [0.717, 1.165) is 28.4 Å². The monoisotopic (exact) mass is 256 g/mol. The normalized spacial score (nSPS) is 18.2. The average molecular weight is 257 g/mol. The molecule has 1 aliphatic rings. The molecule has 1 aromatic rings. The Hall–Kier alpha value is -0.540. The molecule has 0 unspecified atom stereocenters. The Morgan fingerprint density at radius 3 is 2.57 bits per heavy atom. The Morgan fingerprint density at radius 2 is 2.07 bits per heavy atom. The van der Waals surface area contributed by atoms with E-state index in [1.165, 1.54) is 0 Å². The van der Waals surface area contributed by atoms with Crippen molar-refractivity contribution >= 4 is 15.9 Å². The Kier molecular flexibility index (Phi) is 2.32. The van der Waals surface area contributed by atoms with Gasteiger partial charge in [0, 0.05) is 16.5 Å². The van der Waals surface area contributed by atoms with Crippen molar-refractivity contribution in [1.29, 1.82) is 0 Å². The summed E-state index contributed by atoms with van der Waals surface area (Å²) in [5.74, 6) is 0.290. The third-order valence-electron chi connectivity index (χ3n) is 2.74. The first-order chi connectivity index (χ1) is 6.50. The predicted molar refractivity (Wildman–Crippen MR) is 58.4 cm³/mol. The summed E-state index contributed by atoms with van der Waals surface area (Å²) in [5.41, 5.74) is 1.33. The van der Waals surface area contributed by atoms with Gasteiger partial charge in [0.1, 0.15) is 5.75 Å². The zero-order valence-corrected chi connectivity index (χ0v) is 9.63. The molecule has 2 rings (SSSR count). The van der Waals surface area contributed by atoms with Crippen LogP contribution in [-0.2, 0) is 6.42 Å². The maximum Gasteiger partial charge on any atom is 0.119 e. The summed E-state index contributed by atoms with van der Waals surface area (Å²) < 4.78 is 0.900. The van der Waals surface area contributed by atoms with Crippen LogP contribution in [0.4, 0.5) is 0 Å². The van der Waals surface area contributed by atoms with Gasteiger partial charge in [-0.3, -0.25) is 0 Å². The number of phenolic OH excluding ortho intramolecular Hbond substituents is 1. The highest BCUT2D eigenvalue weighted by Crippen LogP contribution is 2.39. The van der Waals surface area contributed by atoms with Gasteiger partial charge in [-0.25, -0.2) is 0 Å². The molecular formula is C11H13BrO2. The van der Waals surface area contributed by atoms with Crippen LogP contribution in [0.1, 0.15) is 24.0 Å². The first-order valence-electron chi connectivity index (χ1n) is 4.71. The van der Waals surface area contributed by atoms with Crippen molar-refractivity contribution in [3.05, 3.63) is 27.7 Å². The van der Waals surface area contributed by atoms with E-state index in [1.807, 2.05) is 13.0 Å². The molecule has 0 radical (unpaired) electrons. The van der Waals surface area contributed by atoms with Crippen molar-refractivity contribution in [2.24, 2.45) is 0 Å². The second kappa shape index (κ2) is 3.24. The topological polar surface area (TPSA) is 40.5 Å². The van der Waals surface area contributed by atoms with Gasteiger partial charge < -0.3 is 10.2 Å². The molecular weight excluding hydrogens is 244 g/mol. The Labute approximate surface area is 91.7 Å². The second-order valence-corrected chi connectivity index (χ2v) is 4.98. The maximum atomic E-state index is 9.74. The third kappa shape index (κ3) is 1.93. The highest BCUT2D eigenvalue weighted by atomic mass is 79.9. The quantitative estimate of drug-likeness (QED) is 0.854. The standard InChI is InChI=1S/C11H13BrO2/c1-7-9(12)4-8(5-10(7)13)6-11(14)2-3-11/h4-5,13-14H,2-3,6H2,1H3. The molecule has 0 heterocycles. The summed E-state index contributed by atoms with van der Waals surface area (Å²) in [5, 5.41) is 19.3. The van der Waals surface area contributed by atoms with Crippen LogP contribution in [0, 0.1) is 6.92 Å². The fourth-order valence-corrected chi connectivity index (χ4v) is 2.02. The number of aromatic hydroxyl groups is 1. The van der Waals surface area contributed by atoms with Crippen LogP contribution in [0.3, 0.4) is 0 Å². The summed E-state index contributed by atoms with van der Waals surface area (Å²) in [6, 6.07) is 3.70. The molecule has 1 aromatic carbocycles. The van der Waals surface area contributed by atoms with Crippen LogP contribution in [0.5, 0.6) is 5.75 Å². The fraction of sp³-hybridized carbons (Fsp3) is 0.455. The van der Waals surface area contributed by atoms with Gasteiger partial charge in [0.05, 0.1) is 5.60 Å². The van der Waals surface area contributed by atoms with Crippen LogP contribution >= 0.6 is 15.9 Å². The van der Waals surface area contributed by atoms with Crippen molar-refractivity contribution in [3.63, 3.8) is 0 Å². The molecule has 0 aliphatic heterocycles. The number of rotatable bonds is 2. The maximum absolute atomic E-state index is 9.74. The summed E-state index contributed by atoms with van der Waals surface area (Å²) in [6.45, 7) is 1.86. The number of phenols is 1. The zero-order valence-electron chi connectivity index (χ0n) is 8.05. The number of hydrogen-bond acceptors (Lipinski definition) is 2. The van der Waals surface area contributed by atoms with Crippen LogP contribution < -0.4 is 0 Å². The van der Waals surface area contributed by atoms with E-state index in [0.29, 0.717) is 12.2 Å². The smallest absolute Gasteiger partial charge is 0.119 e. The molecule has 14 heavy (non-hydrogen) atoms. The summed E-state index contributed by atoms with van der Waals surface area (Å²) in [7, 11) is 0. The van der Waals surface area contributed by atoms with Crippen molar-refractivity contribution in [1.82, 2.24) is 0 Å². The van der Waals surface area contributed by atoms with Gasteiger partial charge in [-0.1, -0.05) is 15.9 Å². The molecule has 3 heteroatoms. The summed E-state index contributed by atoms with van der Waals surface area (Å²) >= 11 is 3.38. The molecule has 1 saturated carbocycles. The van der Waals surface area contributed by atoms with Gasteiger partial charge in [0.15, 0.2) is 0 Å². The third-order valence-corrected chi connectivity index (χ3v) is 3.56. The molecule has 0 atom stereocenters. The molecule has 0 spiro atoms. The molecule has 0 amide bonds. The highest BCUT2D eigenvalue weighted by molar-refractivity contribution is 9.10. The van der Waals surface area contributed by atoms with E-state index < -0.39 is 5.60 Å². The van der Waals surface area contributed by atoms with Gasteiger partial charge in [-0.05, 0) is 37.5 Å². The number of halogens is 1. The van der Waals surface area contributed by atoms with Gasteiger partial charge >= 0.3 is 0 Å². The van der Waals surface area contributed by atoms with E-state index in [1.54, 1.807) is 6.07 Å². The lowest BCUT2D eigenvalue weighted by atomic mass is 10.0. The summed E-state index contributed by atoms with van der Waals surface area (Å²) in [4.78, 5) is 0. The first-order valence-corrected chi connectivity index (χ1v) is 5.50. The Balaban J connectivity index is 2.26. The molecule has 0 aromatic heterocycles. The fourth-order valence-electron chi connectivity index (χ4n) is 1.52. The van der Waals surface area contributed by atoms with Gasteiger partial charge in [0.2, 0.25) is 0 Å². The largest absolute Gasteiger partial charge is 0.508 e. The van der Waals surface area contributed by atoms with Crippen LogP contribution in [0.25, 0.3) is 0 Å². The molecule has 0 saturated heterocycles. The number of hydrogen-bond donors (Lipinski definition) is 2. The van der Waals surface area contributed by atoms with Gasteiger partial charge in [-0.2, -0.15) is 0 Å². The SMILES string of the molecule is Cc1c(O)cc(CC2(O)CC2)cc1Br. The van der Waals surface area contributed by atoms with Crippen molar-refractivity contribution in [2.75, 3.05) is 0 Å². The molecule has 2 N–H and O–H groups in total. The lowest BCUT2D eigenvalue weighted by molar-refractivity contribution is 0.151. The van der Waals surface area contributed by atoms with E-state index >= 15 is 0 Å². The lowest BCUT2D eigenvalue weighted by Gasteiger charge is -2.10. The second-order valence-electron chi connectivity index (χ2n) is 4.12. The van der Waals surface area contributed by atoms with E-state index in [9.17, 15) is 10.2 Å². The minimum atomic E-state index is -0.499. The van der Waals surface area contributed by atoms with E-state index in [4.69, 9.17) is 0 Å². The minimum absolute atomic E-state index is 0.290. The van der Waals surface area contributed by atoms with Crippen molar-refractivity contribution in [3.8, 4) is 5.75 Å². The molecule has 2 nitrogen and oxygen atoms in total. The van der Waals surface area contributed by atoms with Crippen LogP contribution in [0.2, 0.25) is 0 Å². The molecule has 1 fully saturated rings. The molecule has 0 bridgehead atoms. The zero-order chi connectivity index (χ0) is 10.3. The van der Waals surface area contributed by atoms with Crippen LogP contribution in [0.15, 0.2) is 16.6 Å². The molecule has 76 valence electrons.